The number of β-amino-alcohol motifs (C(OH)–C–C–N with tert-alkyl or cyclic N) is 1. The molecule has 2 aliphatic heterocycles. The second-order valence-electron chi connectivity index (χ2n) is 7.76. The lowest BCUT2D eigenvalue weighted by molar-refractivity contribution is 0.00431. The van der Waals surface area contributed by atoms with E-state index in [0.29, 0.717) is 6.54 Å². The molecule has 3 rings (SSSR count). The summed E-state index contributed by atoms with van der Waals surface area (Å²) in [6, 6.07) is 6.03. The molecular weight excluding hydrogens is 358 g/mol. The third kappa shape index (κ3) is 6.32. The average molecular weight is 394 g/mol. The van der Waals surface area contributed by atoms with Crippen molar-refractivity contribution in [3.05, 3.63) is 23.8 Å². The molecule has 0 bridgehead atoms. The van der Waals surface area contributed by atoms with Crippen molar-refractivity contribution in [2.45, 2.75) is 19.1 Å². The van der Waals surface area contributed by atoms with Crippen molar-refractivity contribution in [3.8, 4) is 11.5 Å². The summed E-state index contributed by atoms with van der Waals surface area (Å²) in [5.41, 5.74) is 1.11. The Balaban J connectivity index is 1.60. The fourth-order valence-corrected chi connectivity index (χ4v) is 3.82. The Morgan fingerprint density at radius 3 is 2.68 bits per heavy atom. The first-order chi connectivity index (χ1) is 13.7. The molecule has 2 fully saturated rings. The second-order valence-corrected chi connectivity index (χ2v) is 7.76. The molecule has 1 unspecified atom stereocenters. The molecule has 0 aromatic heterocycles. The standard InChI is InChI=1S/C21H35N3O4/c1-22-7-4-8-23(10-9-22)15-18-5-3-6-20(26-2)21(18)28-17-19(25)16-24-11-13-27-14-12-24/h3,5-6,19,25H,4,7-17H2,1-2H3. The van der Waals surface area contributed by atoms with Crippen LogP contribution in [0.2, 0.25) is 0 Å². The van der Waals surface area contributed by atoms with Crippen LogP contribution in [-0.4, -0.2) is 106 Å². The summed E-state index contributed by atoms with van der Waals surface area (Å²) in [4.78, 5) is 7.06. The molecule has 2 aliphatic rings. The van der Waals surface area contributed by atoms with Crippen molar-refractivity contribution in [2.24, 2.45) is 0 Å². The van der Waals surface area contributed by atoms with Crippen molar-refractivity contribution in [1.82, 2.24) is 14.7 Å². The van der Waals surface area contributed by atoms with E-state index in [1.165, 1.54) is 6.42 Å². The number of hydrogen-bond acceptors (Lipinski definition) is 7. The first-order valence-corrected chi connectivity index (χ1v) is 10.3. The van der Waals surface area contributed by atoms with E-state index in [-0.39, 0.29) is 6.61 Å². The fraction of sp³-hybridized carbons (Fsp3) is 0.714. The van der Waals surface area contributed by atoms with E-state index in [4.69, 9.17) is 14.2 Å². The van der Waals surface area contributed by atoms with E-state index in [1.54, 1.807) is 7.11 Å². The molecule has 0 aliphatic carbocycles. The molecule has 1 aromatic rings. The number of likely N-dealkylation sites (N-methyl/N-ethyl adjacent to an activating group) is 1. The molecule has 7 heteroatoms. The van der Waals surface area contributed by atoms with Crippen molar-refractivity contribution >= 4 is 0 Å². The highest BCUT2D eigenvalue weighted by atomic mass is 16.5. The van der Waals surface area contributed by atoms with Gasteiger partial charge in [-0.1, -0.05) is 12.1 Å². The Kier molecular flexibility index (Phi) is 8.36. The minimum atomic E-state index is -0.539. The third-order valence-corrected chi connectivity index (χ3v) is 5.48. The molecule has 158 valence electrons. The van der Waals surface area contributed by atoms with E-state index in [2.05, 4.69) is 27.8 Å². The maximum absolute atomic E-state index is 10.4. The zero-order chi connectivity index (χ0) is 19.8. The Morgan fingerprint density at radius 2 is 1.89 bits per heavy atom. The van der Waals surface area contributed by atoms with E-state index in [1.807, 2.05) is 12.1 Å². The van der Waals surface area contributed by atoms with Crippen LogP contribution in [0.4, 0.5) is 0 Å². The predicted octanol–water partition coefficient (Wildman–Crippen LogP) is 0.905. The number of aliphatic hydroxyl groups is 1. The molecule has 0 saturated carbocycles. The average Bonchev–Trinajstić information content (AvgIpc) is 2.91. The van der Waals surface area contributed by atoms with Crippen LogP contribution in [0.15, 0.2) is 18.2 Å². The lowest BCUT2D eigenvalue weighted by atomic mass is 10.1. The number of para-hydroxylation sites is 1. The van der Waals surface area contributed by atoms with Gasteiger partial charge in [-0.05, 0) is 32.6 Å². The van der Waals surface area contributed by atoms with Gasteiger partial charge in [0.1, 0.15) is 12.7 Å². The van der Waals surface area contributed by atoms with Crippen LogP contribution in [-0.2, 0) is 11.3 Å². The van der Waals surface area contributed by atoms with E-state index in [9.17, 15) is 5.11 Å². The highest BCUT2D eigenvalue weighted by molar-refractivity contribution is 5.46. The van der Waals surface area contributed by atoms with Crippen molar-refractivity contribution in [3.63, 3.8) is 0 Å². The van der Waals surface area contributed by atoms with Gasteiger partial charge >= 0.3 is 0 Å². The fourth-order valence-electron chi connectivity index (χ4n) is 3.82. The Morgan fingerprint density at radius 1 is 1.07 bits per heavy atom. The van der Waals surface area contributed by atoms with Gasteiger partial charge in [0.25, 0.3) is 0 Å². The van der Waals surface area contributed by atoms with Crippen LogP contribution in [0, 0.1) is 0 Å². The largest absolute Gasteiger partial charge is 0.493 e. The number of aliphatic hydroxyl groups excluding tert-OH is 1. The first-order valence-electron chi connectivity index (χ1n) is 10.3. The molecule has 2 saturated heterocycles. The summed E-state index contributed by atoms with van der Waals surface area (Å²) in [5, 5.41) is 10.4. The van der Waals surface area contributed by atoms with Crippen LogP contribution in [0.1, 0.15) is 12.0 Å². The molecule has 1 atom stereocenters. The molecule has 1 aromatic carbocycles. The van der Waals surface area contributed by atoms with Gasteiger partial charge in [0.05, 0.1) is 20.3 Å². The number of rotatable bonds is 8. The molecule has 0 radical (unpaired) electrons. The SMILES string of the molecule is COc1cccc(CN2CCCN(C)CC2)c1OCC(O)CN1CCOCC1. The van der Waals surface area contributed by atoms with Crippen LogP contribution in [0.5, 0.6) is 11.5 Å². The number of nitrogens with zero attached hydrogens (tertiary/aromatic N) is 3. The van der Waals surface area contributed by atoms with Gasteiger partial charge in [-0.25, -0.2) is 0 Å². The molecule has 0 spiro atoms. The Hall–Kier alpha value is -1.38. The maximum Gasteiger partial charge on any atom is 0.165 e. The summed E-state index contributed by atoms with van der Waals surface area (Å²) in [6.07, 6.45) is 0.636. The third-order valence-electron chi connectivity index (χ3n) is 5.48. The van der Waals surface area contributed by atoms with Gasteiger partial charge in [-0.2, -0.15) is 0 Å². The quantitative estimate of drug-likeness (QED) is 0.704. The number of morpholine rings is 1. The normalized spacial score (nSPS) is 21.2. The molecule has 7 nitrogen and oxygen atoms in total. The summed E-state index contributed by atoms with van der Waals surface area (Å²) in [6.45, 7) is 9.24. The van der Waals surface area contributed by atoms with Gasteiger partial charge in [-0.15, -0.1) is 0 Å². The molecule has 2 heterocycles. The van der Waals surface area contributed by atoms with Gasteiger partial charge in [0, 0.05) is 44.8 Å². The first kappa shape index (κ1) is 21.3. The highest BCUT2D eigenvalue weighted by Gasteiger charge is 2.19. The van der Waals surface area contributed by atoms with Crippen molar-refractivity contribution in [2.75, 3.05) is 79.8 Å². The van der Waals surface area contributed by atoms with Gasteiger partial charge in [0.15, 0.2) is 11.5 Å². The van der Waals surface area contributed by atoms with Gasteiger partial charge in [0.2, 0.25) is 0 Å². The molecule has 0 amide bonds. The molecular formula is C21H35N3O4. The monoisotopic (exact) mass is 393 g/mol. The van der Waals surface area contributed by atoms with Crippen LogP contribution >= 0.6 is 0 Å². The summed E-state index contributed by atoms with van der Waals surface area (Å²) < 4.78 is 17.0. The Labute approximate surface area is 168 Å². The zero-order valence-electron chi connectivity index (χ0n) is 17.3. The topological polar surface area (TPSA) is 57.6 Å². The lowest BCUT2D eigenvalue weighted by Gasteiger charge is -2.28. The molecule has 1 N–H and O–H groups in total. The van der Waals surface area contributed by atoms with E-state index in [0.717, 1.165) is 76.1 Å². The summed E-state index contributed by atoms with van der Waals surface area (Å²) >= 11 is 0. The van der Waals surface area contributed by atoms with Crippen LogP contribution < -0.4 is 9.47 Å². The number of methoxy groups -OCH3 is 1. The summed E-state index contributed by atoms with van der Waals surface area (Å²) in [7, 11) is 3.84. The van der Waals surface area contributed by atoms with Crippen molar-refractivity contribution < 1.29 is 19.3 Å². The smallest absolute Gasteiger partial charge is 0.165 e. The van der Waals surface area contributed by atoms with Crippen LogP contribution in [0.25, 0.3) is 0 Å². The van der Waals surface area contributed by atoms with Gasteiger partial charge in [-0.3, -0.25) is 9.80 Å². The number of benzene rings is 1. The minimum Gasteiger partial charge on any atom is -0.493 e. The van der Waals surface area contributed by atoms with Crippen molar-refractivity contribution in [1.29, 1.82) is 0 Å². The molecule has 28 heavy (non-hydrogen) atoms. The zero-order valence-corrected chi connectivity index (χ0v) is 17.3. The van der Waals surface area contributed by atoms with E-state index < -0.39 is 6.10 Å². The Bertz CT molecular complexity index is 595. The van der Waals surface area contributed by atoms with E-state index >= 15 is 0 Å². The second kappa shape index (κ2) is 11.0. The lowest BCUT2D eigenvalue weighted by Crippen LogP contribution is -2.42. The number of ether oxygens (including phenoxy) is 3. The minimum absolute atomic E-state index is 0.257. The maximum atomic E-state index is 10.4. The van der Waals surface area contributed by atoms with Crippen LogP contribution in [0.3, 0.4) is 0 Å². The summed E-state index contributed by atoms with van der Waals surface area (Å²) in [5.74, 6) is 1.48. The van der Waals surface area contributed by atoms with Gasteiger partial charge < -0.3 is 24.2 Å². The highest BCUT2D eigenvalue weighted by Crippen LogP contribution is 2.32. The number of hydrogen-bond donors (Lipinski definition) is 1. The predicted molar refractivity (Wildman–Crippen MR) is 109 cm³/mol.